The van der Waals surface area contributed by atoms with E-state index in [4.69, 9.17) is 0 Å². The summed E-state index contributed by atoms with van der Waals surface area (Å²) < 4.78 is 0. The maximum Gasteiger partial charge on any atom is 0.234 e. The Kier molecular flexibility index (Phi) is 4.62. The molecule has 1 amide bonds. The smallest absolute Gasteiger partial charge is 0.234 e. The zero-order chi connectivity index (χ0) is 14.5. The van der Waals surface area contributed by atoms with E-state index < -0.39 is 0 Å². The molecule has 0 aliphatic rings. The standard InChI is InChI=1S/C13H17N5OS/c1-4-11(10-5-6-20-7-10)17-13-15-8(2)14-12(18-13)16-9(3)19/h5-7,11H,4H2,1-3H3,(H2,14,15,16,17,18,19). The Morgan fingerprint density at radius 1 is 1.35 bits per heavy atom. The summed E-state index contributed by atoms with van der Waals surface area (Å²) in [4.78, 5) is 23.6. The molecule has 6 nitrogen and oxygen atoms in total. The van der Waals surface area contributed by atoms with Gasteiger partial charge in [-0.15, -0.1) is 0 Å². The number of thiophene rings is 1. The fraction of sp³-hybridized carbons (Fsp3) is 0.385. The molecule has 1 unspecified atom stereocenters. The minimum Gasteiger partial charge on any atom is -0.347 e. The number of anilines is 2. The first-order valence-electron chi connectivity index (χ1n) is 6.37. The van der Waals surface area contributed by atoms with Crippen LogP contribution in [0.25, 0.3) is 0 Å². The molecule has 7 heteroatoms. The summed E-state index contributed by atoms with van der Waals surface area (Å²) in [5, 5.41) is 10.00. The summed E-state index contributed by atoms with van der Waals surface area (Å²) in [7, 11) is 0. The van der Waals surface area contributed by atoms with E-state index in [1.165, 1.54) is 12.5 Å². The summed E-state index contributed by atoms with van der Waals surface area (Å²) in [5.41, 5.74) is 1.21. The lowest BCUT2D eigenvalue weighted by Gasteiger charge is -2.16. The van der Waals surface area contributed by atoms with E-state index in [0.29, 0.717) is 11.8 Å². The Balaban J connectivity index is 2.19. The maximum atomic E-state index is 11.1. The lowest BCUT2D eigenvalue weighted by Crippen LogP contribution is -2.15. The van der Waals surface area contributed by atoms with E-state index in [0.717, 1.165) is 6.42 Å². The average Bonchev–Trinajstić information content (AvgIpc) is 2.88. The Labute approximate surface area is 121 Å². The highest BCUT2D eigenvalue weighted by Crippen LogP contribution is 2.23. The molecule has 0 fully saturated rings. The second-order valence-electron chi connectivity index (χ2n) is 4.37. The van der Waals surface area contributed by atoms with E-state index in [1.807, 2.05) is 5.38 Å². The van der Waals surface area contributed by atoms with Crippen LogP contribution < -0.4 is 10.6 Å². The monoisotopic (exact) mass is 291 g/mol. The summed E-state index contributed by atoms with van der Waals surface area (Å²) >= 11 is 1.66. The van der Waals surface area contributed by atoms with Crippen LogP contribution in [0.3, 0.4) is 0 Å². The first-order valence-corrected chi connectivity index (χ1v) is 7.31. The molecule has 0 aliphatic heterocycles. The van der Waals surface area contributed by atoms with Crippen molar-refractivity contribution in [3.8, 4) is 0 Å². The number of hydrogen-bond acceptors (Lipinski definition) is 6. The third-order valence-electron chi connectivity index (χ3n) is 2.69. The van der Waals surface area contributed by atoms with Crippen molar-refractivity contribution in [2.75, 3.05) is 10.6 Å². The number of aromatic nitrogens is 3. The van der Waals surface area contributed by atoms with Crippen molar-refractivity contribution in [3.63, 3.8) is 0 Å². The van der Waals surface area contributed by atoms with Gasteiger partial charge >= 0.3 is 0 Å². The summed E-state index contributed by atoms with van der Waals surface area (Å²) in [5.74, 6) is 1.10. The van der Waals surface area contributed by atoms with Crippen LogP contribution in [-0.2, 0) is 4.79 Å². The topological polar surface area (TPSA) is 79.8 Å². The van der Waals surface area contributed by atoms with Gasteiger partial charge in [-0.3, -0.25) is 10.1 Å². The van der Waals surface area contributed by atoms with E-state index in [9.17, 15) is 4.79 Å². The summed E-state index contributed by atoms with van der Waals surface area (Å²) in [6.45, 7) is 5.29. The predicted molar refractivity (Wildman–Crippen MR) is 79.8 cm³/mol. The van der Waals surface area contributed by atoms with Gasteiger partial charge < -0.3 is 5.32 Å². The number of carbonyl (C=O) groups is 1. The Morgan fingerprint density at radius 2 is 2.10 bits per heavy atom. The second-order valence-corrected chi connectivity index (χ2v) is 5.15. The molecule has 0 radical (unpaired) electrons. The number of carbonyl (C=O) groups excluding carboxylic acids is 1. The van der Waals surface area contributed by atoms with Gasteiger partial charge in [0.15, 0.2) is 0 Å². The van der Waals surface area contributed by atoms with E-state index in [1.54, 1.807) is 18.3 Å². The van der Waals surface area contributed by atoms with Crippen molar-refractivity contribution < 1.29 is 4.79 Å². The quantitative estimate of drug-likeness (QED) is 0.885. The molecule has 0 saturated carbocycles. The molecule has 2 heterocycles. The lowest BCUT2D eigenvalue weighted by molar-refractivity contribution is -0.114. The van der Waals surface area contributed by atoms with Crippen LogP contribution in [-0.4, -0.2) is 20.9 Å². The van der Waals surface area contributed by atoms with Gasteiger partial charge in [0.1, 0.15) is 5.82 Å². The molecule has 2 N–H and O–H groups in total. The van der Waals surface area contributed by atoms with E-state index in [-0.39, 0.29) is 17.9 Å². The molecule has 0 aromatic carbocycles. The molecule has 2 rings (SSSR count). The molecule has 0 aliphatic carbocycles. The second kappa shape index (κ2) is 6.42. The molecular formula is C13H17N5OS. The van der Waals surface area contributed by atoms with Crippen molar-refractivity contribution in [1.82, 2.24) is 15.0 Å². The van der Waals surface area contributed by atoms with Crippen molar-refractivity contribution in [3.05, 3.63) is 28.2 Å². The Morgan fingerprint density at radius 3 is 2.70 bits per heavy atom. The normalized spacial score (nSPS) is 11.9. The highest BCUT2D eigenvalue weighted by Gasteiger charge is 2.12. The highest BCUT2D eigenvalue weighted by atomic mass is 32.1. The van der Waals surface area contributed by atoms with Gasteiger partial charge in [-0.25, -0.2) is 0 Å². The summed E-state index contributed by atoms with van der Waals surface area (Å²) in [6, 6.07) is 2.22. The van der Waals surface area contributed by atoms with Crippen LogP contribution in [0.1, 0.15) is 37.7 Å². The van der Waals surface area contributed by atoms with Crippen LogP contribution in [0.5, 0.6) is 0 Å². The fourth-order valence-corrected chi connectivity index (χ4v) is 2.52. The highest BCUT2D eigenvalue weighted by molar-refractivity contribution is 7.08. The third-order valence-corrected chi connectivity index (χ3v) is 3.39. The third kappa shape index (κ3) is 3.74. The first kappa shape index (κ1) is 14.4. The van der Waals surface area contributed by atoms with Crippen molar-refractivity contribution >= 4 is 29.1 Å². The maximum absolute atomic E-state index is 11.1. The van der Waals surface area contributed by atoms with Crippen molar-refractivity contribution in [1.29, 1.82) is 0 Å². The van der Waals surface area contributed by atoms with Crippen LogP contribution in [0.2, 0.25) is 0 Å². The van der Waals surface area contributed by atoms with Crippen LogP contribution >= 0.6 is 11.3 Å². The molecule has 106 valence electrons. The molecule has 2 aromatic rings. The molecular weight excluding hydrogens is 274 g/mol. The van der Waals surface area contributed by atoms with Gasteiger partial charge in [0.05, 0.1) is 6.04 Å². The Hall–Kier alpha value is -2.02. The zero-order valence-corrected chi connectivity index (χ0v) is 12.5. The predicted octanol–water partition coefficient (Wildman–Crippen LogP) is 2.76. The van der Waals surface area contributed by atoms with Gasteiger partial charge in [0.2, 0.25) is 17.8 Å². The van der Waals surface area contributed by atoms with E-state index >= 15 is 0 Å². The number of nitrogens with one attached hydrogen (secondary N) is 2. The minimum absolute atomic E-state index is 0.147. The van der Waals surface area contributed by atoms with Crippen LogP contribution in [0.15, 0.2) is 16.8 Å². The van der Waals surface area contributed by atoms with Gasteiger partial charge in [0.25, 0.3) is 0 Å². The molecule has 0 bridgehead atoms. The molecule has 0 spiro atoms. The Bertz CT molecular complexity index is 584. The molecule has 1 atom stereocenters. The van der Waals surface area contributed by atoms with Crippen molar-refractivity contribution in [2.24, 2.45) is 0 Å². The fourth-order valence-electron chi connectivity index (χ4n) is 1.81. The SMILES string of the molecule is CCC(Nc1nc(C)nc(NC(C)=O)n1)c1ccsc1. The van der Waals surface area contributed by atoms with Gasteiger partial charge in [-0.1, -0.05) is 6.92 Å². The number of rotatable bonds is 5. The van der Waals surface area contributed by atoms with Gasteiger partial charge in [-0.05, 0) is 35.7 Å². The number of hydrogen-bond donors (Lipinski definition) is 2. The lowest BCUT2D eigenvalue weighted by atomic mass is 10.1. The molecule has 0 saturated heterocycles. The number of nitrogens with zero attached hydrogens (tertiary/aromatic N) is 3. The minimum atomic E-state index is -0.202. The first-order chi connectivity index (χ1) is 9.58. The van der Waals surface area contributed by atoms with Crippen LogP contribution in [0.4, 0.5) is 11.9 Å². The average molecular weight is 291 g/mol. The number of aryl methyl sites for hydroxylation is 1. The zero-order valence-electron chi connectivity index (χ0n) is 11.7. The van der Waals surface area contributed by atoms with Crippen LogP contribution in [0, 0.1) is 6.92 Å². The molecule has 2 aromatic heterocycles. The largest absolute Gasteiger partial charge is 0.347 e. The molecule has 20 heavy (non-hydrogen) atoms. The van der Waals surface area contributed by atoms with Crippen molar-refractivity contribution in [2.45, 2.75) is 33.2 Å². The van der Waals surface area contributed by atoms with E-state index in [2.05, 4.69) is 44.0 Å². The van der Waals surface area contributed by atoms with Gasteiger partial charge in [-0.2, -0.15) is 26.3 Å². The summed E-state index contributed by atoms with van der Waals surface area (Å²) in [6.07, 6.45) is 0.914. The van der Waals surface area contributed by atoms with Gasteiger partial charge in [0, 0.05) is 6.92 Å². The number of amides is 1.